The van der Waals surface area contributed by atoms with Gasteiger partial charge in [-0.2, -0.15) is 5.10 Å². The van der Waals surface area contributed by atoms with E-state index in [1.807, 2.05) is 31.2 Å². The van der Waals surface area contributed by atoms with Crippen LogP contribution in [0.3, 0.4) is 0 Å². The minimum atomic E-state index is -0.735. The lowest BCUT2D eigenvalue weighted by atomic mass is 10.2. The van der Waals surface area contributed by atoms with E-state index in [2.05, 4.69) is 10.5 Å². The highest BCUT2D eigenvalue weighted by atomic mass is 35.5. The number of nitrogens with zero attached hydrogens (tertiary/aromatic N) is 2. The molecule has 0 radical (unpaired) electrons. The number of benzene rings is 2. The van der Waals surface area contributed by atoms with Crippen LogP contribution in [0.4, 0.5) is 0 Å². The molecule has 1 fully saturated rings. The van der Waals surface area contributed by atoms with Gasteiger partial charge in [-0.15, -0.1) is 0 Å². The van der Waals surface area contributed by atoms with Crippen LogP contribution in [0.1, 0.15) is 30.9 Å². The van der Waals surface area contributed by atoms with Crippen LogP contribution in [-0.4, -0.2) is 42.6 Å². The smallest absolute Gasteiger partial charge is 0.329 e. The Bertz CT molecular complexity index is 909. The Morgan fingerprint density at radius 3 is 2.53 bits per heavy atom. The molecule has 0 aliphatic carbocycles. The summed E-state index contributed by atoms with van der Waals surface area (Å²) < 4.78 is 11.5. The molecule has 7 nitrogen and oxygen atoms in total. The number of carbonyl (C=O) groups is 2. The van der Waals surface area contributed by atoms with Gasteiger partial charge < -0.3 is 14.4 Å². The van der Waals surface area contributed by atoms with Gasteiger partial charge in [-0.25, -0.2) is 5.43 Å². The number of amides is 2. The van der Waals surface area contributed by atoms with Crippen LogP contribution in [0.5, 0.6) is 11.5 Å². The number of ether oxygens (including phenoxy) is 2. The first-order valence-corrected chi connectivity index (χ1v) is 10.2. The van der Waals surface area contributed by atoms with E-state index in [1.54, 1.807) is 18.2 Å². The standard InChI is InChI=1S/C22H24ClN3O4/c1-2-29-20-13-17(14-24-25-21(27)22(28)26-11-3-4-12-26)7-10-19(20)30-15-16-5-8-18(23)9-6-16/h5-10,13-14H,2-4,11-12,15H2,1H3,(H,25,27)/b24-14-. The molecule has 0 bridgehead atoms. The van der Waals surface area contributed by atoms with Crippen molar-refractivity contribution in [2.24, 2.45) is 5.10 Å². The summed E-state index contributed by atoms with van der Waals surface area (Å²) in [7, 11) is 0. The number of hydrogen-bond donors (Lipinski definition) is 1. The van der Waals surface area contributed by atoms with Crippen molar-refractivity contribution >= 4 is 29.6 Å². The number of carbonyl (C=O) groups excluding carboxylic acids is 2. The first-order valence-electron chi connectivity index (χ1n) is 9.83. The van der Waals surface area contributed by atoms with E-state index in [0.29, 0.717) is 48.4 Å². The van der Waals surface area contributed by atoms with Crippen molar-refractivity contribution in [1.29, 1.82) is 0 Å². The van der Waals surface area contributed by atoms with E-state index in [4.69, 9.17) is 21.1 Å². The van der Waals surface area contributed by atoms with Crippen molar-refractivity contribution in [2.75, 3.05) is 19.7 Å². The maximum atomic E-state index is 12.0. The minimum absolute atomic E-state index is 0.374. The second-order valence-electron chi connectivity index (χ2n) is 6.75. The summed E-state index contributed by atoms with van der Waals surface area (Å²) in [5, 5.41) is 4.56. The highest BCUT2D eigenvalue weighted by Crippen LogP contribution is 2.29. The second-order valence-corrected chi connectivity index (χ2v) is 7.19. The van der Waals surface area contributed by atoms with Crippen molar-refractivity contribution in [3.8, 4) is 11.5 Å². The molecule has 2 amide bonds. The molecule has 1 N–H and O–H groups in total. The number of halogens is 1. The normalized spacial score (nSPS) is 13.5. The minimum Gasteiger partial charge on any atom is -0.490 e. The first kappa shape index (κ1) is 21.6. The summed E-state index contributed by atoms with van der Waals surface area (Å²) in [5.41, 5.74) is 3.97. The predicted molar refractivity (Wildman–Crippen MR) is 115 cm³/mol. The predicted octanol–water partition coefficient (Wildman–Crippen LogP) is 3.39. The monoisotopic (exact) mass is 429 g/mol. The van der Waals surface area contributed by atoms with E-state index in [1.165, 1.54) is 11.1 Å². The summed E-state index contributed by atoms with van der Waals surface area (Å²) in [6.07, 6.45) is 3.31. The fraction of sp³-hybridized carbons (Fsp3) is 0.318. The van der Waals surface area contributed by atoms with Gasteiger partial charge in [-0.1, -0.05) is 23.7 Å². The molecule has 30 heavy (non-hydrogen) atoms. The molecular weight excluding hydrogens is 406 g/mol. The second kappa shape index (κ2) is 10.6. The number of rotatable bonds is 7. The van der Waals surface area contributed by atoms with Gasteiger partial charge >= 0.3 is 11.8 Å². The zero-order valence-electron chi connectivity index (χ0n) is 16.8. The van der Waals surface area contributed by atoms with Crippen molar-refractivity contribution in [3.63, 3.8) is 0 Å². The summed E-state index contributed by atoms with van der Waals surface area (Å²) in [5.74, 6) is -0.126. The molecule has 1 aliphatic rings. The van der Waals surface area contributed by atoms with Crippen LogP contribution in [0.15, 0.2) is 47.6 Å². The average molecular weight is 430 g/mol. The maximum Gasteiger partial charge on any atom is 0.329 e. The third-order valence-electron chi connectivity index (χ3n) is 4.54. The van der Waals surface area contributed by atoms with Gasteiger partial charge in [0.05, 0.1) is 12.8 Å². The van der Waals surface area contributed by atoms with Crippen LogP contribution in [-0.2, 0) is 16.2 Å². The Labute approximate surface area is 180 Å². The van der Waals surface area contributed by atoms with Gasteiger partial charge in [-0.3, -0.25) is 9.59 Å². The number of hydrazone groups is 1. The molecule has 1 saturated heterocycles. The molecule has 8 heteroatoms. The third-order valence-corrected chi connectivity index (χ3v) is 4.79. The molecule has 1 aliphatic heterocycles. The quantitative estimate of drug-likeness (QED) is 0.415. The molecule has 0 atom stereocenters. The van der Waals surface area contributed by atoms with Crippen molar-refractivity contribution < 1.29 is 19.1 Å². The summed E-state index contributed by atoms with van der Waals surface area (Å²) in [6.45, 7) is 3.96. The number of nitrogens with one attached hydrogen (secondary N) is 1. The Kier molecular flexibility index (Phi) is 7.68. The van der Waals surface area contributed by atoms with Gasteiger partial charge in [0.25, 0.3) is 0 Å². The van der Waals surface area contributed by atoms with E-state index in [9.17, 15) is 9.59 Å². The Morgan fingerprint density at radius 1 is 1.10 bits per heavy atom. The van der Waals surface area contributed by atoms with Crippen LogP contribution < -0.4 is 14.9 Å². The summed E-state index contributed by atoms with van der Waals surface area (Å²) in [6, 6.07) is 12.7. The van der Waals surface area contributed by atoms with Gasteiger partial charge in [-0.05, 0) is 61.2 Å². The van der Waals surface area contributed by atoms with E-state index in [0.717, 1.165) is 18.4 Å². The lowest BCUT2D eigenvalue weighted by Crippen LogP contribution is -2.39. The number of likely N-dealkylation sites (tertiary alicyclic amines) is 1. The molecule has 0 saturated carbocycles. The molecule has 0 aromatic heterocycles. The Morgan fingerprint density at radius 2 is 1.83 bits per heavy atom. The Hall–Kier alpha value is -3.06. The van der Waals surface area contributed by atoms with Gasteiger partial charge in [0.2, 0.25) is 0 Å². The molecular formula is C22H24ClN3O4. The molecule has 0 spiro atoms. The third kappa shape index (κ3) is 5.97. The molecule has 1 heterocycles. The highest BCUT2D eigenvalue weighted by Gasteiger charge is 2.23. The largest absolute Gasteiger partial charge is 0.490 e. The average Bonchev–Trinajstić information content (AvgIpc) is 3.29. The summed E-state index contributed by atoms with van der Waals surface area (Å²) in [4.78, 5) is 25.4. The van der Waals surface area contributed by atoms with E-state index < -0.39 is 11.8 Å². The molecule has 158 valence electrons. The van der Waals surface area contributed by atoms with Crippen LogP contribution in [0.2, 0.25) is 5.02 Å². The highest BCUT2D eigenvalue weighted by molar-refractivity contribution is 6.35. The SMILES string of the molecule is CCOc1cc(/C=N\NC(=O)C(=O)N2CCCC2)ccc1OCc1ccc(Cl)cc1. The fourth-order valence-corrected chi connectivity index (χ4v) is 3.14. The van der Waals surface area contributed by atoms with Gasteiger partial charge in [0.1, 0.15) is 6.61 Å². The molecule has 3 rings (SSSR count). The van der Waals surface area contributed by atoms with Crippen LogP contribution in [0, 0.1) is 0 Å². The van der Waals surface area contributed by atoms with Crippen molar-refractivity contribution in [3.05, 3.63) is 58.6 Å². The van der Waals surface area contributed by atoms with Crippen LogP contribution >= 0.6 is 11.6 Å². The molecule has 2 aromatic rings. The lowest BCUT2D eigenvalue weighted by molar-refractivity contribution is -0.145. The van der Waals surface area contributed by atoms with Gasteiger partial charge in [0, 0.05) is 18.1 Å². The van der Waals surface area contributed by atoms with Crippen LogP contribution in [0.25, 0.3) is 0 Å². The Balaban J connectivity index is 1.60. The summed E-state index contributed by atoms with van der Waals surface area (Å²) >= 11 is 5.90. The van der Waals surface area contributed by atoms with E-state index in [-0.39, 0.29) is 0 Å². The topological polar surface area (TPSA) is 80.2 Å². The maximum absolute atomic E-state index is 12.0. The fourth-order valence-electron chi connectivity index (χ4n) is 3.01. The lowest BCUT2D eigenvalue weighted by Gasteiger charge is -2.13. The van der Waals surface area contributed by atoms with E-state index >= 15 is 0 Å². The molecule has 2 aromatic carbocycles. The number of hydrogen-bond acceptors (Lipinski definition) is 5. The molecule has 0 unspecified atom stereocenters. The zero-order valence-corrected chi connectivity index (χ0v) is 17.5. The zero-order chi connectivity index (χ0) is 21.3. The van der Waals surface area contributed by atoms with Gasteiger partial charge in [0.15, 0.2) is 11.5 Å². The van der Waals surface area contributed by atoms with Crippen molar-refractivity contribution in [1.82, 2.24) is 10.3 Å². The first-order chi connectivity index (χ1) is 14.6. The van der Waals surface area contributed by atoms with Crippen molar-refractivity contribution in [2.45, 2.75) is 26.4 Å².